The number of hydrogen-bond donors (Lipinski definition) is 1. The zero-order chi connectivity index (χ0) is 12.0. The second kappa shape index (κ2) is 6.15. The molecule has 16 heavy (non-hydrogen) atoms. The van der Waals surface area contributed by atoms with E-state index in [0.29, 0.717) is 17.4 Å². The van der Waals surface area contributed by atoms with Crippen molar-refractivity contribution in [2.24, 2.45) is 0 Å². The number of anilines is 1. The summed E-state index contributed by atoms with van der Waals surface area (Å²) in [4.78, 5) is 8.19. The molecule has 90 valence electrons. The molecule has 5 nitrogen and oxygen atoms in total. The Morgan fingerprint density at radius 1 is 1.38 bits per heavy atom. The second-order valence-corrected chi connectivity index (χ2v) is 3.43. The van der Waals surface area contributed by atoms with Gasteiger partial charge in [-0.2, -0.15) is 4.98 Å². The molecule has 1 unspecified atom stereocenters. The van der Waals surface area contributed by atoms with Crippen LogP contribution in [0.4, 0.5) is 5.82 Å². The van der Waals surface area contributed by atoms with E-state index in [2.05, 4.69) is 22.2 Å². The molecule has 1 N–H and O–H groups in total. The highest BCUT2D eigenvalue weighted by atomic mass is 16.5. The molecular weight excluding hydrogens is 206 g/mol. The molecule has 1 rings (SSSR count). The van der Waals surface area contributed by atoms with Crippen molar-refractivity contribution in [2.45, 2.75) is 33.3 Å². The Morgan fingerprint density at radius 2 is 2.12 bits per heavy atom. The van der Waals surface area contributed by atoms with Crippen molar-refractivity contribution in [1.82, 2.24) is 9.97 Å². The van der Waals surface area contributed by atoms with Gasteiger partial charge in [0.05, 0.1) is 13.2 Å². The summed E-state index contributed by atoms with van der Waals surface area (Å²) in [6, 6.07) is 0. The summed E-state index contributed by atoms with van der Waals surface area (Å²) >= 11 is 0. The van der Waals surface area contributed by atoms with Crippen LogP contribution in [0.3, 0.4) is 0 Å². The Kier molecular flexibility index (Phi) is 4.82. The van der Waals surface area contributed by atoms with Crippen LogP contribution in [0.25, 0.3) is 0 Å². The molecule has 0 saturated carbocycles. The summed E-state index contributed by atoms with van der Waals surface area (Å²) in [5.41, 5.74) is 0. The zero-order valence-electron chi connectivity index (χ0n) is 10.3. The molecule has 0 aromatic carbocycles. The lowest BCUT2D eigenvalue weighted by atomic mass is 10.3. The molecular formula is C11H19N3O2. The van der Waals surface area contributed by atoms with Gasteiger partial charge in [0.15, 0.2) is 5.82 Å². The van der Waals surface area contributed by atoms with Crippen LogP contribution in [0, 0.1) is 0 Å². The number of hydrogen-bond acceptors (Lipinski definition) is 5. The van der Waals surface area contributed by atoms with Crippen molar-refractivity contribution < 1.29 is 9.47 Å². The normalized spacial score (nSPS) is 12.0. The van der Waals surface area contributed by atoms with E-state index in [0.717, 1.165) is 13.0 Å². The lowest BCUT2D eigenvalue weighted by Crippen LogP contribution is -2.13. The largest absolute Gasteiger partial charge is 0.489 e. The van der Waals surface area contributed by atoms with Gasteiger partial charge in [-0.15, -0.1) is 0 Å². The van der Waals surface area contributed by atoms with Gasteiger partial charge >= 0.3 is 0 Å². The lowest BCUT2D eigenvalue weighted by molar-refractivity contribution is 0.198. The van der Waals surface area contributed by atoms with Crippen LogP contribution < -0.4 is 14.8 Å². The van der Waals surface area contributed by atoms with Crippen molar-refractivity contribution in [3.63, 3.8) is 0 Å². The SMILES string of the molecule is CCNc1ncnc(OC(C)CC)c1OC. The molecule has 1 aromatic rings. The van der Waals surface area contributed by atoms with Crippen molar-refractivity contribution in [3.05, 3.63) is 6.33 Å². The minimum atomic E-state index is 0.110. The van der Waals surface area contributed by atoms with E-state index < -0.39 is 0 Å². The van der Waals surface area contributed by atoms with E-state index in [4.69, 9.17) is 9.47 Å². The number of nitrogens with zero attached hydrogens (tertiary/aromatic N) is 2. The molecule has 5 heteroatoms. The molecule has 0 bridgehead atoms. The van der Waals surface area contributed by atoms with Gasteiger partial charge in [-0.05, 0) is 20.3 Å². The van der Waals surface area contributed by atoms with E-state index in [-0.39, 0.29) is 6.10 Å². The fourth-order valence-electron chi connectivity index (χ4n) is 1.19. The van der Waals surface area contributed by atoms with Gasteiger partial charge in [0.2, 0.25) is 5.75 Å². The Morgan fingerprint density at radius 3 is 2.69 bits per heavy atom. The minimum absolute atomic E-state index is 0.110. The average Bonchev–Trinajstić information content (AvgIpc) is 2.29. The molecule has 1 atom stereocenters. The van der Waals surface area contributed by atoms with Crippen LogP contribution in [-0.4, -0.2) is 29.7 Å². The van der Waals surface area contributed by atoms with Crippen molar-refractivity contribution >= 4 is 5.82 Å². The van der Waals surface area contributed by atoms with Gasteiger partial charge in [0.25, 0.3) is 5.88 Å². The molecule has 0 aliphatic heterocycles. The maximum atomic E-state index is 5.66. The third kappa shape index (κ3) is 2.98. The van der Waals surface area contributed by atoms with Crippen LogP contribution in [0.15, 0.2) is 6.33 Å². The summed E-state index contributed by atoms with van der Waals surface area (Å²) in [5, 5.41) is 3.10. The highest BCUT2D eigenvalue weighted by Crippen LogP contribution is 2.31. The first-order valence-corrected chi connectivity index (χ1v) is 5.52. The van der Waals surface area contributed by atoms with E-state index in [1.54, 1.807) is 7.11 Å². The van der Waals surface area contributed by atoms with Crippen molar-refractivity contribution in [2.75, 3.05) is 19.0 Å². The lowest BCUT2D eigenvalue weighted by Gasteiger charge is -2.15. The third-order valence-corrected chi connectivity index (χ3v) is 2.21. The van der Waals surface area contributed by atoms with Crippen molar-refractivity contribution in [3.8, 4) is 11.6 Å². The highest BCUT2D eigenvalue weighted by Gasteiger charge is 2.14. The quantitative estimate of drug-likeness (QED) is 0.803. The monoisotopic (exact) mass is 225 g/mol. The summed E-state index contributed by atoms with van der Waals surface area (Å²) in [6.07, 6.45) is 2.50. The van der Waals surface area contributed by atoms with Crippen LogP contribution in [0.5, 0.6) is 11.6 Å². The number of aromatic nitrogens is 2. The number of methoxy groups -OCH3 is 1. The maximum absolute atomic E-state index is 5.66. The minimum Gasteiger partial charge on any atom is -0.489 e. The first kappa shape index (κ1) is 12.5. The predicted molar refractivity (Wildman–Crippen MR) is 63.1 cm³/mol. The van der Waals surface area contributed by atoms with Gasteiger partial charge in [-0.25, -0.2) is 4.98 Å². The summed E-state index contributed by atoms with van der Waals surface area (Å²) < 4.78 is 10.9. The standard InChI is InChI=1S/C11H19N3O2/c1-5-8(3)16-11-9(15-4)10(12-6-2)13-7-14-11/h7-8H,5-6H2,1-4H3,(H,12,13,14). The number of rotatable bonds is 6. The van der Waals surface area contributed by atoms with E-state index >= 15 is 0 Å². The summed E-state index contributed by atoms with van der Waals surface area (Å²) in [6.45, 7) is 6.82. The van der Waals surface area contributed by atoms with Crippen LogP contribution in [0.1, 0.15) is 27.2 Å². The third-order valence-electron chi connectivity index (χ3n) is 2.21. The van der Waals surface area contributed by atoms with Gasteiger partial charge in [-0.1, -0.05) is 6.92 Å². The molecule has 1 heterocycles. The average molecular weight is 225 g/mol. The van der Waals surface area contributed by atoms with Gasteiger partial charge in [0, 0.05) is 6.54 Å². The molecule has 0 radical (unpaired) electrons. The topological polar surface area (TPSA) is 56.3 Å². The second-order valence-electron chi connectivity index (χ2n) is 3.43. The molecule has 0 amide bonds. The number of nitrogens with one attached hydrogen (secondary N) is 1. The van der Waals surface area contributed by atoms with Gasteiger partial charge in [-0.3, -0.25) is 0 Å². The molecule has 0 aliphatic carbocycles. The van der Waals surface area contributed by atoms with E-state index in [1.165, 1.54) is 6.33 Å². The van der Waals surface area contributed by atoms with Crippen molar-refractivity contribution in [1.29, 1.82) is 0 Å². The summed E-state index contributed by atoms with van der Waals surface area (Å²) in [5.74, 6) is 1.71. The maximum Gasteiger partial charge on any atom is 0.262 e. The van der Waals surface area contributed by atoms with E-state index in [9.17, 15) is 0 Å². The number of ether oxygens (including phenoxy) is 2. The smallest absolute Gasteiger partial charge is 0.262 e. The zero-order valence-corrected chi connectivity index (χ0v) is 10.3. The molecule has 0 fully saturated rings. The first-order chi connectivity index (χ1) is 7.72. The van der Waals surface area contributed by atoms with Crippen LogP contribution in [0.2, 0.25) is 0 Å². The molecule has 0 saturated heterocycles. The fourth-order valence-corrected chi connectivity index (χ4v) is 1.19. The molecule has 0 aliphatic rings. The van der Waals surface area contributed by atoms with Crippen LogP contribution in [-0.2, 0) is 0 Å². The fraction of sp³-hybridized carbons (Fsp3) is 0.636. The van der Waals surface area contributed by atoms with E-state index in [1.807, 2.05) is 13.8 Å². The Bertz CT molecular complexity index is 331. The highest BCUT2D eigenvalue weighted by molar-refractivity contribution is 5.54. The predicted octanol–water partition coefficient (Wildman–Crippen LogP) is 2.09. The Hall–Kier alpha value is -1.52. The van der Waals surface area contributed by atoms with Gasteiger partial charge in [0.1, 0.15) is 6.33 Å². The van der Waals surface area contributed by atoms with Gasteiger partial charge < -0.3 is 14.8 Å². The van der Waals surface area contributed by atoms with Crippen LogP contribution >= 0.6 is 0 Å². The Labute approximate surface area is 96.2 Å². The molecule has 0 spiro atoms. The first-order valence-electron chi connectivity index (χ1n) is 5.52. The molecule has 1 aromatic heterocycles. The Balaban J connectivity index is 2.94. The summed E-state index contributed by atoms with van der Waals surface area (Å²) in [7, 11) is 1.59.